The first-order valence-electron chi connectivity index (χ1n) is 11.2. The van der Waals surface area contributed by atoms with Crippen LogP contribution in [0.15, 0.2) is 108 Å². The number of hydrogen-bond acceptors (Lipinski definition) is 3. The second-order valence-electron chi connectivity index (χ2n) is 7.83. The second kappa shape index (κ2) is 11.3. The van der Waals surface area contributed by atoms with Crippen molar-refractivity contribution < 1.29 is 9.59 Å². The summed E-state index contributed by atoms with van der Waals surface area (Å²) in [5, 5.41) is 7.91. The quantitative estimate of drug-likeness (QED) is 0.217. The summed E-state index contributed by atoms with van der Waals surface area (Å²) in [6, 6.07) is 31.2. The Morgan fingerprint density at radius 3 is 2.32 bits per heavy atom. The Hall–Kier alpha value is -3.83. The van der Waals surface area contributed by atoms with Crippen LogP contribution in [0.3, 0.4) is 0 Å². The molecule has 4 nitrogen and oxygen atoms in total. The minimum atomic E-state index is -0.254. The Balaban J connectivity index is 1.38. The van der Waals surface area contributed by atoms with E-state index in [1.54, 1.807) is 6.08 Å². The maximum absolute atomic E-state index is 13.0. The molecule has 170 valence electrons. The van der Waals surface area contributed by atoms with Crippen molar-refractivity contribution in [1.82, 2.24) is 0 Å². The number of rotatable bonds is 8. The topological polar surface area (TPSA) is 58.2 Å². The molecule has 0 saturated heterocycles. The number of carbonyl (C=O) groups is 2. The molecule has 1 atom stereocenters. The molecule has 2 amide bonds. The lowest BCUT2D eigenvalue weighted by atomic mass is 10.1. The molecule has 4 aromatic rings. The van der Waals surface area contributed by atoms with E-state index < -0.39 is 0 Å². The van der Waals surface area contributed by atoms with Gasteiger partial charge in [0.2, 0.25) is 11.8 Å². The van der Waals surface area contributed by atoms with E-state index in [1.165, 1.54) is 17.8 Å². The molecule has 34 heavy (non-hydrogen) atoms. The highest BCUT2D eigenvalue weighted by molar-refractivity contribution is 8.00. The molecule has 0 bridgehead atoms. The van der Waals surface area contributed by atoms with Gasteiger partial charge in [-0.1, -0.05) is 73.7 Å². The van der Waals surface area contributed by atoms with Crippen LogP contribution in [-0.2, 0) is 9.59 Å². The van der Waals surface area contributed by atoms with Crippen molar-refractivity contribution in [3.05, 3.63) is 109 Å². The Morgan fingerprint density at radius 1 is 0.794 bits per heavy atom. The third-order valence-corrected chi connectivity index (χ3v) is 6.64. The molecule has 4 aromatic carbocycles. The highest BCUT2D eigenvalue weighted by Gasteiger charge is 2.18. The average molecular weight is 467 g/mol. The van der Waals surface area contributed by atoms with E-state index in [9.17, 15) is 9.59 Å². The summed E-state index contributed by atoms with van der Waals surface area (Å²) in [7, 11) is 0. The minimum Gasteiger partial charge on any atom is -0.325 e. The highest BCUT2D eigenvalue weighted by Crippen LogP contribution is 2.29. The van der Waals surface area contributed by atoms with Crippen molar-refractivity contribution in [2.75, 3.05) is 10.6 Å². The molecule has 0 aliphatic rings. The second-order valence-corrected chi connectivity index (χ2v) is 9.10. The molecule has 1 unspecified atom stereocenters. The van der Waals surface area contributed by atoms with Gasteiger partial charge < -0.3 is 10.6 Å². The van der Waals surface area contributed by atoms with Gasteiger partial charge in [0.05, 0.1) is 5.25 Å². The number of anilines is 2. The van der Waals surface area contributed by atoms with Crippen LogP contribution in [0.2, 0.25) is 0 Å². The standard InChI is InChI=1S/C29H26N2O2S/c1-2-27(29(33)31-25-17-16-22-11-6-7-12-23(22)19-25)34-26-14-8-13-24(20-26)30-28(32)18-15-21-9-4-3-5-10-21/h3-20,27H,2H2,1H3,(H,30,32)(H,31,33)/b18-15+. The number of hydrogen-bond donors (Lipinski definition) is 2. The first-order chi connectivity index (χ1) is 16.6. The molecule has 0 radical (unpaired) electrons. The van der Waals surface area contributed by atoms with Gasteiger partial charge in [-0.15, -0.1) is 11.8 Å². The maximum atomic E-state index is 13.0. The zero-order chi connectivity index (χ0) is 23.8. The van der Waals surface area contributed by atoms with Crippen LogP contribution in [0.1, 0.15) is 18.9 Å². The van der Waals surface area contributed by atoms with Crippen LogP contribution >= 0.6 is 11.8 Å². The zero-order valence-corrected chi connectivity index (χ0v) is 19.7. The average Bonchev–Trinajstić information content (AvgIpc) is 2.87. The molecule has 0 spiro atoms. The summed E-state index contributed by atoms with van der Waals surface area (Å²) in [6.07, 6.45) is 3.97. The van der Waals surface area contributed by atoms with E-state index in [2.05, 4.69) is 16.7 Å². The summed E-state index contributed by atoms with van der Waals surface area (Å²) in [4.78, 5) is 26.2. The fraction of sp³-hybridized carbons (Fsp3) is 0.103. The van der Waals surface area contributed by atoms with E-state index in [1.807, 2.05) is 97.9 Å². The van der Waals surface area contributed by atoms with E-state index in [4.69, 9.17) is 0 Å². The van der Waals surface area contributed by atoms with Gasteiger partial charge >= 0.3 is 0 Å². The number of amides is 2. The van der Waals surface area contributed by atoms with E-state index in [-0.39, 0.29) is 17.1 Å². The molecule has 0 saturated carbocycles. The van der Waals surface area contributed by atoms with Gasteiger partial charge in [0.25, 0.3) is 0 Å². The summed E-state index contributed by atoms with van der Waals surface area (Å²) < 4.78 is 0. The Bertz CT molecular complexity index is 1320. The molecular formula is C29H26N2O2S. The first kappa shape index (κ1) is 23.3. The lowest BCUT2D eigenvalue weighted by molar-refractivity contribution is -0.115. The zero-order valence-electron chi connectivity index (χ0n) is 18.9. The lowest BCUT2D eigenvalue weighted by Crippen LogP contribution is -2.24. The number of carbonyl (C=O) groups excluding carboxylic acids is 2. The van der Waals surface area contributed by atoms with Crippen LogP contribution in [0.5, 0.6) is 0 Å². The smallest absolute Gasteiger partial charge is 0.248 e. The molecule has 0 aliphatic heterocycles. The number of benzene rings is 4. The first-order valence-corrected chi connectivity index (χ1v) is 12.1. The molecule has 0 aliphatic carbocycles. The van der Waals surface area contributed by atoms with Crippen molar-refractivity contribution in [3.63, 3.8) is 0 Å². The summed E-state index contributed by atoms with van der Waals surface area (Å²) in [5.74, 6) is -0.241. The monoisotopic (exact) mass is 466 g/mol. The third kappa shape index (κ3) is 6.36. The predicted octanol–water partition coefficient (Wildman–Crippen LogP) is 7.00. The van der Waals surface area contributed by atoms with Gasteiger partial charge in [-0.05, 0) is 59.2 Å². The van der Waals surface area contributed by atoms with E-state index in [0.29, 0.717) is 12.1 Å². The Morgan fingerprint density at radius 2 is 1.53 bits per heavy atom. The molecule has 0 heterocycles. The van der Waals surface area contributed by atoms with Crippen molar-refractivity contribution in [2.24, 2.45) is 0 Å². The summed E-state index contributed by atoms with van der Waals surface area (Å²) in [5.41, 5.74) is 2.44. The highest BCUT2D eigenvalue weighted by atomic mass is 32.2. The van der Waals surface area contributed by atoms with Crippen molar-refractivity contribution in [1.29, 1.82) is 0 Å². The molecule has 0 fully saturated rings. The van der Waals surface area contributed by atoms with Crippen LogP contribution in [0.4, 0.5) is 11.4 Å². The van der Waals surface area contributed by atoms with E-state index in [0.717, 1.165) is 26.9 Å². The molecule has 2 N–H and O–H groups in total. The molecule has 0 aromatic heterocycles. The molecule has 4 rings (SSSR count). The number of thioether (sulfide) groups is 1. The van der Waals surface area contributed by atoms with Gasteiger partial charge in [-0.2, -0.15) is 0 Å². The number of fused-ring (bicyclic) bond motifs is 1. The lowest BCUT2D eigenvalue weighted by Gasteiger charge is -2.16. The molecule has 5 heteroatoms. The Labute approximate surface area is 204 Å². The largest absolute Gasteiger partial charge is 0.325 e. The normalized spacial score (nSPS) is 11.9. The van der Waals surface area contributed by atoms with Gasteiger partial charge in [0.1, 0.15) is 0 Å². The van der Waals surface area contributed by atoms with Crippen LogP contribution < -0.4 is 10.6 Å². The van der Waals surface area contributed by atoms with Crippen molar-refractivity contribution >= 4 is 51.8 Å². The summed E-state index contributed by atoms with van der Waals surface area (Å²) >= 11 is 1.49. The Kier molecular flexibility index (Phi) is 7.79. The fourth-order valence-electron chi connectivity index (χ4n) is 3.54. The van der Waals surface area contributed by atoms with Crippen LogP contribution in [-0.4, -0.2) is 17.1 Å². The van der Waals surface area contributed by atoms with Crippen molar-refractivity contribution in [3.8, 4) is 0 Å². The van der Waals surface area contributed by atoms with Crippen LogP contribution in [0.25, 0.3) is 16.8 Å². The van der Waals surface area contributed by atoms with Crippen LogP contribution in [0, 0.1) is 0 Å². The summed E-state index contributed by atoms with van der Waals surface area (Å²) in [6.45, 7) is 2.00. The maximum Gasteiger partial charge on any atom is 0.248 e. The van der Waals surface area contributed by atoms with Gasteiger partial charge in [0, 0.05) is 22.3 Å². The minimum absolute atomic E-state index is 0.0389. The number of nitrogens with one attached hydrogen (secondary N) is 2. The van der Waals surface area contributed by atoms with Gasteiger partial charge in [0.15, 0.2) is 0 Å². The van der Waals surface area contributed by atoms with Crippen molar-refractivity contribution in [2.45, 2.75) is 23.5 Å². The fourth-order valence-corrected chi connectivity index (χ4v) is 4.56. The van der Waals surface area contributed by atoms with Gasteiger partial charge in [-0.3, -0.25) is 9.59 Å². The predicted molar refractivity (Wildman–Crippen MR) is 143 cm³/mol. The van der Waals surface area contributed by atoms with E-state index >= 15 is 0 Å². The van der Waals surface area contributed by atoms with Gasteiger partial charge in [-0.25, -0.2) is 0 Å². The third-order valence-electron chi connectivity index (χ3n) is 5.29. The SMILES string of the molecule is CCC(Sc1cccc(NC(=O)/C=C/c2ccccc2)c1)C(=O)Nc1ccc2ccccc2c1. The molecular weight excluding hydrogens is 440 g/mol.